The summed E-state index contributed by atoms with van der Waals surface area (Å²) < 4.78 is 36.3. The van der Waals surface area contributed by atoms with Crippen LogP contribution in [0.2, 0.25) is 0 Å². The predicted octanol–water partition coefficient (Wildman–Crippen LogP) is -1.51. The quantitative estimate of drug-likeness (QED) is 0.370. The van der Waals surface area contributed by atoms with Crippen LogP contribution < -0.4 is 51.4 Å². The van der Waals surface area contributed by atoms with E-state index in [4.69, 9.17) is 0 Å². The number of hydrogen-bond donors (Lipinski definition) is 0. The summed E-state index contributed by atoms with van der Waals surface area (Å²) in [6, 6.07) is 0. The molecule has 0 aromatic carbocycles. The van der Waals surface area contributed by atoms with Crippen LogP contribution in [0.4, 0.5) is 18.8 Å². The fraction of sp³-hybridized carbons (Fsp3) is 0.400. The van der Waals surface area contributed by atoms with Crippen molar-refractivity contribution >= 4 is 12.8 Å². The molecule has 0 aliphatic heterocycles. The van der Waals surface area contributed by atoms with Crippen molar-refractivity contribution < 1.29 is 69.3 Å². The minimum absolute atomic E-state index is 0. The molecular weight excluding hydrogens is 241 g/mol. The summed E-state index contributed by atoms with van der Waals surface area (Å²) in [5, 5.41) is 13.5. The Balaban J connectivity index is 0.00000196. The number of nitro groups is 1. The van der Waals surface area contributed by atoms with Gasteiger partial charge >= 0.3 is 64.2 Å². The third-order valence-electron chi connectivity index (χ3n) is 1.49. The minimum atomic E-state index is -5.03. The van der Waals surface area contributed by atoms with Gasteiger partial charge in [-0.15, -0.1) is 0 Å². The molecule has 78 valence electrons. The van der Waals surface area contributed by atoms with Crippen LogP contribution in [0.5, 0.6) is 0 Å². The first kappa shape index (κ1) is 15.1. The number of halogens is 3. The molecule has 1 heterocycles. The van der Waals surface area contributed by atoms with Crippen LogP contribution in [0, 0.1) is 17.0 Å². The SMILES string of the molecule is Cc1cn(C[B-](F)(F)F)nc1[N+](=O)[O-].[K+]. The first-order chi connectivity index (χ1) is 6.29. The Bertz CT molecular complexity index is 367. The zero-order valence-electron chi connectivity index (χ0n) is 8.15. The van der Waals surface area contributed by atoms with Gasteiger partial charge in [0.1, 0.15) is 0 Å². The zero-order valence-corrected chi connectivity index (χ0v) is 11.3. The van der Waals surface area contributed by atoms with Crippen molar-refractivity contribution in [3.8, 4) is 0 Å². The van der Waals surface area contributed by atoms with Gasteiger partial charge in [0.2, 0.25) is 0 Å². The maximum absolute atomic E-state index is 11.9. The fourth-order valence-corrected chi connectivity index (χ4v) is 0.997. The molecule has 0 radical (unpaired) electrons. The standard InChI is InChI=1S/C5H6BF3N3O2.K/c1-4-2-11(3-6(7,8)9)10-5(4)12(13)14;/h2H,3H2,1H3;/q-1;+1. The van der Waals surface area contributed by atoms with Gasteiger partial charge in [-0.25, -0.2) is 4.68 Å². The van der Waals surface area contributed by atoms with E-state index < -0.39 is 24.2 Å². The summed E-state index contributed by atoms with van der Waals surface area (Å²) >= 11 is 0. The molecule has 0 atom stereocenters. The Morgan fingerprint density at radius 3 is 2.47 bits per heavy atom. The molecule has 15 heavy (non-hydrogen) atoms. The zero-order chi connectivity index (χ0) is 10.9. The molecule has 10 heteroatoms. The normalized spacial score (nSPS) is 10.9. The van der Waals surface area contributed by atoms with Crippen molar-refractivity contribution in [2.45, 2.75) is 13.4 Å². The van der Waals surface area contributed by atoms with Crippen LogP contribution in [-0.2, 0) is 6.44 Å². The Kier molecular flexibility index (Phi) is 5.47. The molecule has 0 bridgehead atoms. The molecule has 5 nitrogen and oxygen atoms in total. The van der Waals surface area contributed by atoms with Crippen LogP contribution in [0.25, 0.3) is 0 Å². The molecule has 1 aromatic rings. The number of nitrogens with zero attached hydrogens (tertiary/aromatic N) is 3. The van der Waals surface area contributed by atoms with E-state index in [1.807, 2.05) is 0 Å². The van der Waals surface area contributed by atoms with Crippen molar-refractivity contribution in [3.63, 3.8) is 0 Å². The summed E-state index contributed by atoms with van der Waals surface area (Å²) in [6.07, 6.45) is -0.248. The van der Waals surface area contributed by atoms with E-state index >= 15 is 0 Å². The van der Waals surface area contributed by atoms with Crippen LogP contribution in [-0.4, -0.2) is 21.7 Å². The van der Waals surface area contributed by atoms with Crippen LogP contribution in [0.1, 0.15) is 5.56 Å². The van der Waals surface area contributed by atoms with Gasteiger partial charge in [0.25, 0.3) is 0 Å². The Morgan fingerprint density at radius 1 is 1.60 bits per heavy atom. The van der Waals surface area contributed by atoms with E-state index in [-0.39, 0.29) is 56.9 Å². The van der Waals surface area contributed by atoms with Crippen molar-refractivity contribution in [2.75, 3.05) is 0 Å². The second kappa shape index (κ2) is 5.44. The van der Waals surface area contributed by atoms with Gasteiger partial charge < -0.3 is 23.1 Å². The van der Waals surface area contributed by atoms with E-state index in [0.717, 1.165) is 6.20 Å². The van der Waals surface area contributed by atoms with E-state index in [9.17, 15) is 23.1 Å². The van der Waals surface area contributed by atoms with Crippen LogP contribution >= 0.6 is 0 Å². The molecule has 0 spiro atoms. The summed E-state index contributed by atoms with van der Waals surface area (Å²) in [6.45, 7) is -3.69. The molecule has 1 aromatic heterocycles. The van der Waals surface area contributed by atoms with Crippen molar-refractivity contribution in [1.82, 2.24) is 9.78 Å². The maximum atomic E-state index is 11.9. The molecule has 0 aliphatic rings. The Morgan fingerprint density at radius 2 is 2.13 bits per heavy atom. The molecule has 0 fully saturated rings. The van der Waals surface area contributed by atoms with E-state index in [1.165, 1.54) is 6.92 Å². The molecule has 0 unspecified atom stereocenters. The number of aromatic nitrogens is 2. The van der Waals surface area contributed by atoms with Gasteiger partial charge in [0.05, 0.1) is 16.9 Å². The Labute approximate surface area is 126 Å². The largest absolute Gasteiger partial charge is 1.00 e. The summed E-state index contributed by atoms with van der Waals surface area (Å²) in [5.74, 6) is -0.537. The van der Waals surface area contributed by atoms with Gasteiger partial charge in [-0.2, -0.15) is 0 Å². The van der Waals surface area contributed by atoms with Crippen LogP contribution in [0.3, 0.4) is 0 Å². The van der Waals surface area contributed by atoms with E-state index in [0.29, 0.717) is 4.68 Å². The number of rotatable bonds is 3. The molecular formula is C5H6BF3KN3O2. The monoisotopic (exact) mass is 247 g/mol. The topological polar surface area (TPSA) is 61.0 Å². The molecule has 0 aliphatic carbocycles. The first-order valence-corrected chi connectivity index (χ1v) is 3.69. The van der Waals surface area contributed by atoms with Crippen molar-refractivity contribution in [2.24, 2.45) is 0 Å². The van der Waals surface area contributed by atoms with Gasteiger partial charge in [0, 0.05) is 6.44 Å². The van der Waals surface area contributed by atoms with E-state index in [1.54, 1.807) is 0 Å². The smallest absolute Gasteiger partial charge is 0.448 e. The molecule has 0 saturated carbocycles. The van der Waals surface area contributed by atoms with E-state index in [2.05, 4.69) is 5.10 Å². The van der Waals surface area contributed by atoms with Gasteiger partial charge in [-0.1, -0.05) is 0 Å². The van der Waals surface area contributed by atoms with Crippen LogP contribution in [0.15, 0.2) is 6.20 Å². The summed E-state index contributed by atoms with van der Waals surface area (Å²) in [4.78, 5) is 9.44. The van der Waals surface area contributed by atoms with Crippen molar-refractivity contribution in [3.05, 3.63) is 21.9 Å². The molecule has 0 saturated heterocycles. The summed E-state index contributed by atoms with van der Waals surface area (Å²) in [7, 11) is 0. The minimum Gasteiger partial charge on any atom is -0.448 e. The molecule has 0 amide bonds. The third kappa shape index (κ3) is 4.64. The van der Waals surface area contributed by atoms with Gasteiger partial charge in [0.15, 0.2) is 0 Å². The average Bonchev–Trinajstić information content (AvgIpc) is 2.26. The predicted molar refractivity (Wildman–Crippen MR) is 42.7 cm³/mol. The average molecular weight is 247 g/mol. The van der Waals surface area contributed by atoms with Gasteiger partial charge in [-0.05, 0) is 11.8 Å². The molecule has 0 N–H and O–H groups in total. The second-order valence-corrected chi connectivity index (χ2v) is 2.83. The first-order valence-electron chi connectivity index (χ1n) is 3.69. The third-order valence-corrected chi connectivity index (χ3v) is 1.49. The number of aryl methyl sites for hydroxylation is 1. The molecule has 1 rings (SSSR count). The Hall–Kier alpha value is 0.101. The maximum Gasteiger partial charge on any atom is 1.00 e. The van der Waals surface area contributed by atoms with Crippen molar-refractivity contribution in [1.29, 1.82) is 0 Å². The van der Waals surface area contributed by atoms with Gasteiger partial charge in [-0.3, -0.25) is 0 Å². The fourth-order valence-electron chi connectivity index (χ4n) is 0.997. The number of hydrogen-bond acceptors (Lipinski definition) is 3. The second-order valence-electron chi connectivity index (χ2n) is 2.83. The summed E-state index contributed by atoms with van der Waals surface area (Å²) in [5.41, 5.74) is 0.120.